The van der Waals surface area contributed by atoms with Gasteiger partial charge in [0.05, 0.1) is 6.07 Å². The molecule has 9 nitrogen and oxygen atoms in total. The van der Waals surface area contributed by atoms with Gasteiger partial charge in [-0.1, -0.05) is 11.6 Å². The van der Waals surface area contributed by atoms with Crippen molar-refractivity contribution in [3.05, 3.63) is 32.5 Å². The van der Waals surface area contributed by atoms with Crippen LogP contribution in [0.2, 0.25) is 0 Å². The van der Waals surface area contributed by atoms with E-state index < -0.39 is 11.2 Å². The van der Waals surface area contributed by atoms with E-state index in [1.54, 1.807) is 4.57 Å². The smallest absolute Gasteiger partial charge is 0.331 e. The molecule has 0 aliphatic carbocycles. The quantitative estimate of drug-likeness (QED) is 0.758. The van der Waals surface area contributed by atoms with Crippen molar-refractivity contribution in [2.45, 2.75) is 45.8 Å². The number of hydrogen-bond acceptors (Lipinski definition) is 6. The van der Waals surface area contributed by atoms with Crippen molar-refractivity contribution in [3.8, 4) is 6.07 Å². The van der Waals surface area contributed by atoms with Gasteiger partial charge in [0.25, 0.3) is 5.56 Å². The first-order valence-electron chi connectivity index (χ1n) is 8.66. The van der Waals surface area contributed by atoms with Crippen LogP contribution < -0.4 is 21.9 Å². The standard InChI is InChI=1S/C17H23N7O2/c1-11(2)5-8-23-13-14(24(9-6-18)17(26)21-15(13)25)20-16(23)22-7-3-4-12(19)10-22/h5,12H,3-4,7-10,19H2,1-2H3,(H,21,25,26). The lowest BCUT2D eigenvalue weighted by Gasteiger charge is -2.31. The number of nitrogens with zero attached hydrogens (tertiary/aromatic N) is 5. The van der Waals surface area contributed by atoms with E-state index in [-0.39, 0.29) is 18.2 Å². The molecule has 1 aliphatic rings. The Hall–Kier alpha value is -2.86. The van der Waals surface area contributed by atoms with Crippen molar-refractivity contribution < 1.29 is 0 Å². The Bertz CT molecular complexity index is 1000. The number of H-pyrrole nitrogens is 1. The van der Waals surface area contributed by atoms with Crippen LogP contribution in [0.25, 0.3) is 11.2 Å². The van der Waals surface area contributed by atoms with Crippen LogP contribution in [-0.2, 0) is 13.1 Å². The fraction of sp³-hybridized carbons (Fsp3) is 0.529. The van der Waals surface area contributed by atoms with Crippen molar-refractivity contribution in [2.24, 2.45) is 5.73 Å². The molecule has 0 bridgehead atoms. The second-order valence-corrected chi connectivity index (χ2v) is 6.83. The summed E-state index contributed by atoms with van der Waals surface area (Å²) >= 11 is 0. The molecule has 3 rings (SSSR count). The van der Waals surface area contributed by atoms with Crippen molar-refractivity contribution in [1.29, 1.82) is 5.26 Å². The molecule has 2 aromatic rings. The van der Waals surface area contributed by atoms with Gasteiger partial charge in [0.15, 0.2) is 11.2 Å². The minimum atomic E-state index is -0.627. The Balaban J connectivity index is 2.27. The van der Waals surface area contributed by atoms with Crippen molar-refractivity contribution in [3.63, 3.8) is 0 Å². The summed E-state index contributed by atoms with van der Waals surface area (Å²) in [6.07, 6.45) is 3.88. The second-order valence-electron chi connectivity index (χ2n) is 6.83. The van der Waals surface area contributed by atoms with E-state index in [9.17, 15) is 9.59 Å². The number of hydrogen-bond donors (Lipinski definition) is 2. The highest BCUT2D eigenvalue weighted by Crippen LogP contribution is 2.23. The molecular weight excluding hydrogens is 334 g/mol. The zero-order chi connectivity index (χ0) is 18.8. The van der Waals surface area contributed by atoms with Crippen LogP contribution in [0, 0.1) is 11.3 Å². The monoisotopic (exact) mass is 357 g/mol. The molecule has 1 fully saturated rings. The third-order valence-electron chi connectivity index (χ3n) is 4.52. The molecule has 1 unspecified atom stereocenters. The number of aromatic nitrogens is 4. The van der Waals surface area contributed by atoms with Gasteiger partial charge >= 0.3 is 5.69 Å². The lowest BCUT2D eigenvalue weighted by molar-refractivity contribution is 0.495. The summed E-state index contributed by atoms with van der Waals surface area (Å²) in [5.41, 5.74) is 6.62. The maximum absolute atomic E-state index is 12.5. The van der Waals surface area contributed by atoms with E-state index in [0.717, 1.165) is 25.0 Å². The van der Waals surface area contributed by atoms with E-state index in [4.69, 9.17) is 11.0 Å². The van der Waals surface area contributed by atoms with Crippen LogP contribution in [0.1, 0.15) is 26.7 Å². The molecule has 0 spiro atoms. The number of imidazole rings is 1. The summed E-state index contributed by atoms with van der Waals surface area (Å²) in [5.74, 6) is 0.607. The van der Waals surface area contributed by atoms with E-state index in [2.05, 4.69) is 9.97 Å². The third-order valence-corrected chi connectivity index (χ3v) is 4.52. The maximum Gasteiger partial charge on any atom is 0.331 e. The van der Waals surface area contributed by atoms with Crippen LogP contribution >= 0.6 is 0 Å². The average molecular weight is 357 g/mol. The number of nitrogens with one attached hydrogen (secondary N) is 1. The first-order valence-corrected chi connectivity index (χ1v) is 8.66. The van der Waals surface area contributed by atoms with Crippen LogP contribution in [0.5, 0.6) is 0 Å². The first-order chi connectivity index (χ1) is 12.4. The summed E-state index contributed by atoms with van der Waals surface area (Å²) in [4.78, 5) is 33.6. The third kappa shape index (κ3) is 3.28. The number of nitriles is 1. The number of nitrogens with two attached hydrogens (primary N) is 1. The molecule has 1 aliphatic heterocycles. The van der Waals surface area contributed by atoms with E-state index in [1.165, 1.54) is 4.57 Å². The normalized spacial score (nSPS) is 17.3. The Morgan fingerprint density at radius 1 is 1.42 bits per heavy atom. The number of rotatable bonds is 4. The molecule has 0 saturated carbocycles. The molecule has 0 amide bonds. The second kappa shape index (κ2) is 7.17. The lowest BCUT2D eigenvalue weighted by atomic mass is 10.1. The van der Waals surface area contributed by atoms with Crippen LogP contribution in [0.4, 0.5) is 5.95 Å². The fourth-order valence-electron chi connectivity index (χ4n) is 3.26. The van der Waals surface area contributed by atoms with Gasteiger partial charge in [-0.25, -0.2) is 4.79 Å². The highest BCUT2D eigenvalue weighted by atomic mass is 16.2. The molecule has 9 heteroatoms. The van der Waals surface area contributed by atoms with Gasteiger partial charge in [0, 0.05) is 25.7 Å². The van der Waals surface area contributed by atoms with Crippen molar-refractivity contribution in [2.75, 3.05) is 18.0 Å². The first kappa shape index (κ1) is 17.9. The van der Waals surface area contributed by atoms with Gasteiger partial charge < -0.3 is 15.2 Å². The van der Waals surface area contributed by atoms with Crippen LogP contribution in [0.15, 0.2) is 21.2 Å². The number of allylic oxidation sites excluding steroid dienone is 2. The molecule has 2 aromatic heterocycles. The van der Waals surface area contributed by atoms with Gasteiger partial charge in [-0.05, 0) is 26.7 Å². The Kier molecular flexibility index (Phi) is 4.95. The number of anilines is 1. The molecule has 1 saturated heterocycles. The number of aromatic amines is 1. The molecule has 1 atom stereocenters. The van der Waals surface area contributed by atoms with Crippen molar-refractivity contribution in [1.82, 2.24) is 19.1 Å². The fourth-order valence-corrected chi connectivity index (χ4v) is 3.26. The molecule has 3 N–H and O–H groups in total. The highest BCUT2D eigenvalue weighted by molar-refractivity contribution is 5.74. The van der Waals surface area contributed by atoms with Crippen molar-refractivity contribution >= 4 is 17.1 Å². The summed E-state index contributed by atoms with van der Waals surface area (Å²) in [7, 11) is 0. The van der Waals surface area contributed by atoms with Gasteiger partial charge in [-0.3, -0.25) is 14.3 Å². The van der Waals surface area contributed by atoms with Gasteiger partial charge in [0.2, 0.25) is 5.95 Å². The molecule has 138 valence electrons. The molecular formula is C17H23N7O2. The number of fused-ring (bicyclic) bond motifs is 1. The molecule has 26 heavy (non-hydrogen) atoms. The predicted octanol–water partition coefficient (Wildman–Crippen LogP) is 0.304. The van der Waals surface area contributed by atoms with E-state index in [0.29, 0.717) is 24.6 Å². The van der Waals surface area contributed by atoms with Gasteiger partial charge in [-0.15, -0.1) is 0 Å². The SMILES string of the molecule is CC(C)=CCn1c(N2CCCC(N)C2)nc2c1c(=O)[nH]c(=O)n2CC#N. The van der Waals surface area contributed by atoms with E-state index in [1.807, 2.05) is 30.9 Å². The summed E-state index contributed by atoms with van der Waals surface area (Å²) in [6.45, 7) is 5.65. The minimum Gasteiger partial charge on any atom is -0.341 e. The van der Waals surface area contributed by atoms with Gasteiger partial charge in [-0.2, -0.15) is 10.2 Å². The Labute approximate surface area is 150 Å². The Morgan fingerprint density at radius 2 is 2.19 bits per heavy atom. The average Bonchev–Trinajstić information content (AvgIpc) is 2.96. The Morgan fingerprint density at radius 3 is 2.85 bits per heavy atom. The molecule has 0 aromatic carbocycles. The topological polar surface area (TPSA) is 126 Å². The summed E-state index contributed by atoms with van der Waals surface area (Å²) in [6, 6.07) is 1.99. The minimum absolute atomic E-state index is 0.0417. The summed E-state index contributed by atoms with van der Waals surface area (Å²) < 4.78 is 3.00. The largest absolute Gasteiger partial charge is 0.341 e. The maximum atomic E-state index is 12.5. The highest BCUT2D eigenvalue weighted by Gasteiger charge is 2.25. The zero-order valence-electron chi connectivity index (χ0n) is 15.0. The zero-order valence-corrected chi connectivity index (χ0v) is 15.0. The predicted molar refractivity (Wildman–Crippen MR) is 99.1 cm³/mol. The van der Waals surface area contributed by atoms with Crippen LogP contribution in [-0.4, -0.2) is 38.2 Å². The van der Waals surface area contributed by atoms with E-state index >= 15 is 0 Å². The number of piperidine rings is 1. The van der Waals surface area contributed by atoms with Gasteiger partial charge in [0.1, 0.15) is 6.54 Å². The lowest BCUT2D eigenvalue weighted by Crippen LogP contribution is -2.44. The molecule has 3 heterocycles. The van der Waals surface area contributed by atoms with Crippen LogP contribution in [0.3, 0.4) is 0 Å². The summed E-state index contributed by atoms with van der Waals surface area (Å²) in [5, 5.41) is 9.04. The molecule has 0 radical (unpaired) electrons.